The number of carbonyl (C=O) groups excluding carboxylic acids is 1. The zero-order chi connectivity index (χ0) is 24.5. The molecule has 3 aromatic rings. The Labute approximate surface area is 203 Å². The molecular weight excluding hydrogens is 516 g/mol. The number of carbonyl (C=O) groups is 1. The molecular formula is C21H13Cl3FN3O4S. The molecule has 170 valence electrons. The number of pyridine rings is 1. The molecule has 1 N–H and O–H groups in total. The highest BCUT2D eigenvalue weighted by atomic mass is 35.5. The Balaban J connectivity index is 2.01. The Morgan fingerprint density at radius 3 is 2.45 bits per heavy atom. The average Bonchev–Trinajstić information content (AvgIpc) is 2.74. The van der Waals surface area contributed by atoms with Crippen molar-refractivity contribution < 1.29 is 22.3 Å². The molecule has 0 unspecified atom stereocenters. The minimum Gasteiger partial charge on any atom is -0.436 e. The van der Waals surface area contributed by atoms with Crippen molar-refractivity contribution in [2.75, 3.05) is 6.26 Å². The lowest BCUT2D eigenvalue weighted by Crippen LogP contribution is -2.30. The number of sulfonamides is 1. The first-order chi connectivity index (χ1) is 15.4. The van der Waals surface area contributed by atoms with Gasteiger partial charge in [-0.25, -0.2) is 22.5 Å². The maximum Gasteiger partial charge on any atom is 0.267 e. The molecule has 0 aliphatic carbocycles. The van der Waals surface area contributed by atoms with Gasteiger partial charge in [-0.05, 0) is 37.3 Å². The van der Waals surface area contributed by atoms with Crippen LogP contribution in [0.5, 0.6) is 11.6 Å². The largest absolute Gasteiger partial charge is 0.436 e. The summed E-state index contributed by atoms with van der Waals surface area (Å²) in [5, 5.41) is 10.2. The van der Waals surface area contributed by atoms with E-state index in [1.807, 2.05) is 6.07 Å². The van der Waals surface area contributed by atoms with Gasteiger partial charge in [-0.1, -0.05) is 34.8 Å². The van der Waals surface area contributed by atoms with Gasteiger partial charge in [0.2, 0.25) is 15.9 Å². The van der Waals surface area contributed by atoms with Crippen LogP contribution in [-0.2, 0) is 10.0 Å². The molecule has 1 aromatic heterocycles. The van der Waals surface area contributed by atoms with Crippen LogP contribution < -0.4 is 9.46 Å². The lowest BCUT2D eigenvalue weighted by molar-refractivity contribution is 0.0978. The molecule has 7 nitrogen and oxygen atoms in total. The summed E-state index contributed by atoms with van der Waals surface area (Å²) in [6.07, 6.45) is 2.05. The molecule has 0 saturated carbocycles. The number of rotatable bonds is 5. The Morgan fingerprint density at radius 1 is 1.15 bits per heavy atom. The van der Waals surface area contributed by atoms with Crippen molar-refractivity contribution in [1.82, 2.24) is 9.71 Å². The number of nitrogens with one attached hydrogen (secondary N) is 1. The summed E-state index contributed by atoms with van der Waals surface area (Å²) in [7, 11) is -3.90. The maximum atomic E-state index is 14.6. The molecule has 3 rings (SSSR count). The molecule has 0 bridgehead atoms. The van der Waals surface area contributed by atoms with Gasteiger partial charge < -0.3 is 4.74 Å². The normalized spacial score (nSPS) is 11.1. The van der Waals surface area contributed by atoms with E-state index in [-0.39, 0.29) is 38.4 Å². The zero-order valence-electron chi connectivity index (χ0n) is 16.9. The van der Waals surface area contributed by atoms with Crippen LogP contribution in [-0.4, -0.2) is 25.6 Å². The van der Waals surface area contributed by atoms with Crippen LogP contribution in [0.4, 0.5) is 4.39 Å². The monoisotopic (exact) mass is 527 g/mol. The van der Waals surface area contributed by atoms with E-state index in [0.717, 1.165) is 18.4 Å². The van der Waals surface area contributed by atoms with Crippen molar-refractivity contribution in [3.63, 3.8) is 0 Å². The molecule has 0 atom stereocenters. The van der Waals surface area contributed by atoms with Gasteiger partial charge in [0.05, 0.1) is 16.8 Å². The summed E-state index contributed by atoms with van der Waals surface area (Å²) in [4.78, 5) is 16.1. The molecule has 2 aromatic carbocycles. The third-order valence-electron chi connectivity index (χ3n) is 4.35. The quantitative estimate of drug-likeness (QED) is 0.468. The van der Waals surface area contributed by atoms with Crippen LogP contribution >= 0.6 is 34.8 Å². The highest BCUT2D eigenvalue weighted by Gasteiger charge is 2.20. The molecule has 1 heterocycles. The van der Waals surface area contributed by atoms with E-state index in [2.05, 4.69) is 4.98 Å². The van der Waals surface area contributed by atoms with Crippen LogP contribution in [0.3, 0.4) is 0 Å². The first kappa shape index (κ1) is 24.7. The fourth-order valence-corrected chi connectivity index (χ4v) is 3.89. The van der Waals surface area contributed by atoms with E-state index in [1.54, 1.807) is 17.7 Å². The number of nitriles is 1. The molecule has 33 heavy (non-hydrogen) atoms. The molecule has 0 aliphatic heterocycles. The van der Waals surface area contributed by atoms with Crippen molar-refractivity contribution in [2.24, 2.45) is 0 Å². The first-order valence-electron chi connectivity index (χ1n) is 8.95. The van der Waals surface area contributed by atoms with Crippen molar-refractivity contribution in [3.8, 4) is 28.8 Å². The standard InChI is InChI=1S/C21H13Cl3FN3O4S/c1-10-15(22)3-4-16(23)19(10)32-21-11(8-26)5-12(9-27-21)13-7-18(25)14(6-17(13)24)20(29)28-33(2,30)31/h3-7,9H,1-2H3,(H,28,29). The molecule has 0 saturated heterocycles. The van der Waals surface area contributed by atoms with Crippen LogP contribution in [0.25, 0.3) is 11.1 Å². The predicted molar refractivity (Wildman–Crippen MR) is 123 cm³/mol. The number of ether oxygens (including phenoxy) is 1. The third-order valence-corrected chi connectivity index (χ3v) is 5.93. The highest BCUT2D eigenvalue weighted by molar-refractivity contribution is 7.89. The number of hydrogen-bond donors (Lipinski definition) is 1. The number of nitrogens with zero attached hydrogens (tertiary/aromatic N) is 2. The van der Waals surface area contributed by atoms with Crippen molar-refractivity contribution >= 4 is 50.7 Å². The Bertz CT molecular complexity index is 1440. The van der Waals surface area contributed by atoms with E-state index < -0.39 is 27.3 Å². The summed E-state index contributed by atoms with van der Waals surface area (Å²) < 4.78 is 44.4. The van der Waals surface area contributed by atoms with Gasteiger partial charge in [-0.3, -0.25) is 4.79 Å². The van der Waals surface area contributed by atoms with Crippen LogP contribution in [0, 0.1) is 24.1 Å². The van der Waals surface area contributed by atoms with Crippen molar-refractivity contribution in [1.29, 1.82) is 5.26 Å². The van der Waals surface area contributed by atoms with Gasteiger partial charge in [0.15, 0.2) is 5.75 Å². The predicted octanol–water partition coefficient (Wildman–Crippen LogP) is 5.51. The van der Waals surface area contributed by atoms with E-state index in [0.29, 0.717) is 10.6 Å². The summed E-state index contributed by atoms with van der Waals surface area (Å²) >= 11 is 18.5. The van der Waals surface area contributed by atoms with Gasteiger partial charge in [0.1, 0.15) is 17.4 Å². The molecule has 1 amide bonds. The second kappa shape index (κ2) is 9.53. The topological polar surface area (TPSA) is 109 Å². The van der Waals surface area contributed by atoms with Crippen LogP contribution in [0.1, 0.15) is 21.5 Å². The summed E-state index contributed by atoms with van der Waals surface area (Å²) in [6.45, 7) is 1.69. The molecule has 0 radical (unpaired) electrons. The maximum absolute atomic E-state index is 14.6. The third kappa shape index (κ3) is 5.54. The number of benzene rings is 2. The number of hydrogen-bond acceptors (Lipinski definition) is 6. The Morgan fingerprint density at radius 2 is 1.82 bits per heavy atom. The SMILES string of the molecule is Cc1c(Cl)ccc(Cl)c1Oc1ncc(-c2cc(F)c(C(=O)NS(C)(=O)=O)cc2Cl)cc1C#N. The lowest BCUT2D eigenvalue weighted by atomic mass is 10.0. The summed E-state index contributed by atoms with van der Waals surface area (Å²) in [5.74, 6) is -2.02. The number of amides is 1. The van der Waals surface area contributed by atoms with Crippen molar-refractivity contribution in [3.05, 3.63) is 74.1 Å². The Kier molecular flexibility index (Phi) is 7.14. The van der Waals surface area contributed by atoms with E-state index in [9.17, 15) is 22.9 Å². The highest BCUT2D eigenvalue weighted by Crippen LogP contribution is 2.38. The minimum absolute atomic E-state index is 0.00156. The summed E-state index contributed by atoms with van der Waals surface area (Å²) in [5.41, 5.74) is 0.364. The van der Waals surface area contributed by atoms with E-state index in [1.165, 1.54) is 18.3 Å². The van der Waals surface area contributed by atoms with Crippen molar-refractivity contribution in [2.45, 2.75) is 6.92 Å². The van der Waals surface area contributed by atoms with E-state index >= 15 is 0 Å². The Hall–Kier alpha value is -2.90. The van der Waals surface area contributed by atoms with Crippen LogP contribution in [0.15, 0.2) is 36.5 Å². The van der Waals surface area contributed by atoms with E-state index in [4.69, 9.17) is 39.5 Å². The first-order valence-corrected chi connectivity index (χ1v) is 12.0. The fourth-order valence-electron chi connectivity index (χ4n) is 2.78. The zero-order valence-corrected chi connectivity index (χ0v) is 20.0. The minimum atomic E-state index is -3.90. The number of aromatic nitrogens is 1. The smallest absolute Gasteiger partial charge is 0.267 e. The second-order valence-corrected chi connectivity index (χ2v) is 9.76. The van der Waals surface area contributed by atoms with Gasteiger partial charge >= 0.3 is 0 Å². The molecule has 12 heteroatoms. The van der Waals surface area contributed by atoms with Gasteiger partial charge in [-0.2, -0.15) is 5.26 Å². The van der Waals surface area contributed by atoms with Crippen LogP contribution in [0.2, 0.25) is 15.1 Å². The molecule has 0 spiro atoms. The second-order valence-electron chi connectivity index (χ2n) is 6.79. The molecule has 0 aliphatic rings. The summed E-state index contributed by atoms with van der Waals surface area (Å²) in [6, 6.07) is 8.37. The van der Waals surface area contributed by atoms with Gasteiger partial charge in [0.25, 0.3) is 5.91 Å². The van der Waals surface area contributed by atoms with Gasteiger partial charge in [0, 0.05) is 32.9 Å². The van der Waals surface area contributed by atoms with Gasteiger partial charge in [-0.15, -0.1) is 0 Å². The number of halogens is 4. The molecule has 0 fully saturated rings. The lowest BCUT2D eigenvalue weighted by Gasteiger charge is -2.13. The average molecular weight is 529 g/mol. The fraction of sp³-hybridized carbons (Fsp3) is 0.0952.